The quantitative estimate of drug-likeness (QED) is 0.607. The lowest BCUT2D eigenvalue weighted by Crippen LogP contribution is -2.54. The number of H-pyrrole nitrogens is 1. The van der Waals surface area contributed by atoms with Crippen molar-refractivity contribution in [2.24, 2.45) is 0 Å². The summed E-state index contributed by atoms with van der Waals surface area (Å²) in [5.74, 6) is 0.0971. The van der Waals surface area contributed by atoms with Crippen molar-refractivity contribution in [3.05, 3.63) is 42.1 Å². The van der Waals surface area contributed by atoms with Crippen LogP contribution in [-0.2, 0) is 0 Å². The van der Waals surface area contributed by atoms with Crippen molar-refractivity contribution < 1.29 is 9.59 Å². The van der Waals surface area contributed by atoms with Crippen molar-refractivity contribution in [3.63, 3.8) is 0 Å². The summed E-state index contributed by atoms with van der Waals surface area (Å²) in [5, 5.41) is 5.63. The Morgan fingerprint density at radius 1 is 1.48 bits per heavy atom. The summed E-state index contributed by atoms with van der Waals surface area (Å²) < 4.78 is 0. The molecule has 2 amide bonds. The number of fused-ring (bicyclic) bond motifs is 1. The zero-order valence-electron chi connectivity index (χ0n) is 12.4. The second-order valence-corrected chi connectivity index (χ2v) is 5.70. The van der Waals surface area contributed by atoms with Gasteiger partial charge < -0.3 is 20.5 Å². The number of nitrogens with one attached hydrogen (secondary N) is 3. The minimum atomic E-state index is -0.501. The van der Waals surface area contributed by atoms with Gasteiger partial charge in [-0.3, -0.25) is 14.6 Å². The number of aromatic amines is 1. The number of rotatable bonds is 4. The minimum absolute atomic E-state index is 0.176. The molecular formula is C14H16N6O2S. The van der Waals surface area contributed by atoms with E-state index in [1.54, 1.807) is 24.5 Å². The van der Waals surface area contributed by atoms with Gasteiger partial charge in [0.25, 0.3) is 11.8 Å². The third-order valence-corrected chi connectivity index (χ3v) is 3.87. The van der Waals surface area contributed by atoms with Gasteiger partial charge in [0, 0.05) is 30.5 Å². The van der Waals surface area contributed by atoms with Gasteiger partial charge in [0.15, 0.2) is 5.82 Å². The van der Waals surface area contributed by atoms with E-state index in [1.807, 2.05) is 11.8 Å². The molecule has 0 aromatic carbocycles. The van der Waals surface area contributed by atoms with E-state index in [0.29, 0.717) is 23.6 Å². The van der Waals surface area contributed by atoms with E-state index in [0.717, 1.165) is 0 Å². The van der Waals surface area contributed by atoms with Crippen LogP contribution in [0.3, 0.4) is 0 Å². The van der Waals surface area contributed by atoms with Crippen LogP contribution in [0.1, 0.15) is 27.8 Å². The predicted molar refractivity (Wildman–Crippen MR) is 87.3 cm³/mol. The Labute approximate surface area is 138 Å². The second kappa shape index (κ2) is 6.29. The summed E-state index contributed by atoms with van der Waals surface area (Å²) in [4.78, 5) is 36.6. The zero-order valence-corrected chi connectivity index (χ0v) is 13.2. The maximum Gasteiger partial charge on any atom is 0.273 e. The number of carbonyl (C=O) groups excluding carboxylic acids is 2. The topological polar surface area (TPSA) is 103 Å². The Morgan fingerprint density at radius 2 is 2.22 bits per heavy atom. The van der Waals surface area contributed by atoms with Crippen molar-refractivity contribution in [2.45, 2.75) is 18.5 Å². The molecule has 0 radical (unpaired) electrons. The summed E-state index contributed by atoms with van der Waals surface area (Å²) in [7, 11) is 0. The summed E-state index contributed by atoms with van der Waals surface area (Å²) >= 11 is 4.37. The normalized spacial score (nSPS) is 18.1. The first-order valence-electron chi connectivity index (χ1n) is 7.06. The molecule has 23 heavy (non-hydrogen) atoms. The number of hydrogen-bond donors (Lipinski definition) is 4. The first-order chi connectivity index (χ1) is 11.1. The van der Waals surface area contributed by atoms with Gasteiger partial charge in [0.05, 0.1) is 6.33 Å². The van der Waals surface area contributed by atoms with Crippen LogP contribution in [0.15, 0.2) is 30.9 Å². The number of aromatic nitrogens is 3. The van der Waals surface area contributed by atoms with E-state index in [1.165, 1.54) is 6.33 Å². The second-order valence-electron chi connectivity index (χ2n) is 5.21. The summed E-state index contributed by atoms with van der Waals surface area (Å²) in [6, 6.07) is 3.12. The first kappa shape index (κ1) is 15.3. The maximum atomic E-state index is 12.2. The molecule has 2 aromatic heterocycles. The molecule has 0 fully saturated rings. The van der Waals surface area contributed by atoms with Crippen molar-refractivity contribution in [3.8, 4) is 0 Å². The van der Waals surface area contributed by atoms with Crippen molar-refractivity contribution >= 4 is 30.3 Å². The number of carbonyl (C=O) groups is 2. The minimum Gasteiger partial charge on any atom is -0.348 e. The molecule has 1 aliphatic rings. The SMILES string of the molecule is CC(CN1c2nc[nH]c2C(=O)NC1S)NC(=O)c1ccncc1. The molecule has 9 heteroatoms. The fourth-order valence-corrected chi connectivity index (χ4v) is 2.71. The molecule has 3 N–H and O–H groups in total. The molecule has 120 valence electrons. The third kappa shape index (κ3) is 3.14. The van der Waals surface area contributed by atoms with Crippen LogP contribution in [0.5, 0.6) is 0 Å². The lowest BCUT2D eigenvalue weighted by molar-refractivity contribution is 0.0922. The highest BCUT2D eigenvalue weighted by atomic mass is 32.1. The number of pyridine rings is 1. The standard InChI is InChI=1S/C14H16N6O2S/c1-8(18-12(21)9-2-4-15-5-3-9)6-20-11-10(16-7-17-11)13(22)19-14(20)23/h2-5,7-8,14,23H,6H2,1H3,(H,16,17)(H,18,21)(H,19,22). The van der Waals surface area contributed by atoms with Gasteiger partial charge in [-0.15, -0.1) is 12.6 Å². The molecular weight excluding hydrogens is 316 g/mol. The van der Waals surface area contributed by atoms with E-state index < -0.39 is 5.50 Å². The predicted octanol–water partition coefficient (Wildman–Crippen LogP) is 0.386. The Balaban J connectivity index is 1.68. The third-order valence-electron chi connectivity index (χ3n) is 3.46. The molecule has 0 bridgehead atoms. The fourth-order valence-electron chi connectivity index (χ4n) is 2.39. The number of anilines is 1. The van der Waals surface area contributed by atoms with Crippen molar-refractivity contribution in [1.29, 1.82) is 0 Å². The van der Waals surface area contributed by atoms with Crippen molar-refractivity contribution in [2.75, 3.05) is 11.4 Å². The monoisotopic (exact) mass is 332 g/mol. The van der Waals surface area contributed by atoms with E-state index >= 15 is 0 Å². The molecule has 0 saturated heterocycles. The van der Waals surface area contributed by atoms with Gasteiger partial charge >= 0.3 is 0 Å². The van der Waals surface area contributed by atoms with Gasteiger partial charge in [-0.1, -0.05) is 0 Å². The van der Waals surface area contributed by atoms with Crippen LogP contribution in [0.25, 0.3) is 0 Å². The first-order valence-corrected chi connectivity index (χ1v) is 7.57. The van der Waals surface area contributed by atoms with Crippen LogP contribution in [0.2, 0.25) is 0 Å². The molecule has 0 saturated carbocycles. The van der Waals surface area contributed by atoms with E-state index in [2.05, 4.69) is 38.2 Å². The van der Waals surface area contributed by atoms with Gasteiger partial charge in [-0.05, 0) is 19.1 Å². The number of amides is 2. The van der Waals surface area contributed by atoms with E-state index in [4.69, 9.17) is 0 Å². The Bertz CT molecular complexity index is 719. The zero-order chi connectivity index (χ0) is 16.4. The highest BCUT2D eigenvalue weighted by Gasteiger charge is 2.32. The van der Waals surface area contributed by atoms with Crippen LogP contribution < -0.4 is 15.5 Å². The Morgan fingerprint density at radius 3 is 2.96 bits per heavy atom. The molecule has 2 aromatic rings. The number of imidazole rings is 1. The molecule has 3 rings (SSSR count). The largest absolute Gasteiger partial charge is 0.348 e. The van der Waals surface area contributed by atoms with Gasteiger partial charge in [0.1, 0.15) is 11.2 Å². The van der Waals surface area contributed by atoms with E-state index in [9.17, 15) is 9.59 Å². The number of nitrogens with zero attached hydrogens (tertiary/aromatic N) is 3. The number of thiol groups is 1. The van der Waals surface area contributed by atoms with Crippen LogP contribution in [-0.4, -0.2) is 44.9 Å². The lowest BCUT2D eigenvalue weighted by atomic mass is 10.2. The average molecular weight is 332 g/mol. The molecule has 3 heterocycles. The van der Waals surface area contributed by atoms with Crippen LogP contribution in [0.4, 0.5) is 5.82 Å². The maximum absolute atomic E-state index is 12.2. The van der Waals surface area contributed by atoms with Crippen LogP contribution in [0, 0.1) is 0 Å². The summed E-state index contributed by atoms with van der Waals surface area (Å²) in [6.45, 7) is 2.32. The Kier molecular flexibility index (Phi) is 4.20. The summed E-state index contributed by atoms with van der Waals surface area (Å²) in [5.41, 5.74) is 0.434. The molecule has 0 spiro atoms. The fraction of sp³-hybridized carbons (Fsp3) is 0.286. The van der Waals surface area contributed by atoms with Gasteiger partial charge in [0.2, 0.25) is 0 Å². The lowest BCUT2D eigenvalue weighted by Gasteiger charge is -2.35. The Hall–Kier alpha value is -2.55. The summed E-state index contributed by atoms with van der Waals surface area (Å²) in [6.07, 6.45) is 4.60. The van der Waals surface area contributed by atoms with E-state index in [-0.39, 0.29) is 17.9 Å². The molecule has 2 atom stereocenters. The average Bonchev–Trinajstić information content (AvgIpc) is 3.02. The van der Waals surface area contributed by atoms with Crippen LogP contribution >= 0.6 is 12.6 Å². The highest BCUT2D eigenvalue weighted by molar-refractivity contribution is 7.81. The van der Waals surface area contributed by atoms with Gasteiger partial charge in [-0.2, -0.15) is 0 Å². The molecule has 0 aliphatic carbocycles. The highest BCUT2D eigenvalue weighted by Crippen LogP contribution is 2.23. The smallest absolute Gasteiger partial charge is 0.273 e. The molecule has 8 nitrogen and oxygen atoms in total. The molecule has 2 unspecified atom stereocenters. The van der Waals surface area contributed by atoms with Gasteiger partial charge in [-0.25, -0.2) is 4.98 Å². The molecule has 1 aliphatic heterocycles. The number of hydrogen-bond acceptors (Lipinski definition) is 6. The van der Waals surface area contributed by atoms with Crippen molar-refractivity contribution in [1.82, 2.24) is 25.6 Å².